The standard InChI is InChI=1S/C8H14BrNO3S/c1-13-8(12)6(3-4-14-2)10-7(11)5-9/h6H,3-5H2,1-2H3,(H,10,11)/t6-/m0/s1. The Morgan fingerprint density at radius 2 is 2.21 bits per heavy atom. The molecule has 1 N–H and O–H groups in total. The molecular formula is C8H14BrNO3S. The molecule has 82 valence electrons. The van der Waals surface area contributed by atoms with Crippen LogP contribution in [0.2, 0.25) is 0 Å². The lowest BCUT2D eigenvalue weighted by Gasteiger charge is -2.14. The molecule has 0 unspecified atom stereocenters. The minimum atomic E-state index is -0.530. The Bertz CT molecular complexity index is 201. The van der Waals surface area contributed by atoms with Crippen LogP contribution in [0.4, 0.5) is 0 Å². The minimum absolute atomic E-state index is 0.194. The number of carbonyl (C=O) groups is 2. The van der Waals surface area contributed by atoms with Crippen LogP contribution in [0.25, 0.3) is 0 Å². The lowest BCUT2D eigenvalue weighted by atomic mass is 10.2. The summed E-state index contributed by atoms with van der Waals surface area (Å²) in [6.45, 7) is 0. The number of thioether (sulfide) groups is 1. The van der Waals surface area contributed by atoms with Gasteiger partial charge in [0.1, 0.15) is 6.04 Å². The Hall–Kier alpha value is -0.230. The van der Waals surface area contributed by atoms with Crippen LogP contribution in [-0.2, 0) is 14.3 Å². The molecule has 0 aliphatic heterocycles. The topological polar surface area (TPSA) is 55.4 Å². The van der Waals surface area contributed by atoms with Gasteiger partial charge in [0.2, 0.25) is 5.91 Å². The van der Waals surface area contributed by atoms with E-state index in [2.05, 4.69) is 26.0 Å². The molecular weight excluding hydrogens is 270 g/mol. The van der Waals surface area contributed by atoms with Gasteiger partial charge in [0.05, 0.1) is 12.4 Å². The van der Waals surface area contributed by atoms with Gasteiger partial charge in [0.15, 0.2) is 0 Å². The molecule has 0 saturated heterocycles. The van der Waals surface area contributed by atoms with Gasteiger partial charge in [-0.1, -0.05) is 15.9 Å². The second-order valence-electron chi connectivity index (χ2n) is 2.56. The number of hydrogen-bond donors (Lipinski definition) is 1. The number of amides is 1. The maximum atomic E-state index is 11.2. The zero-order valence-electron chi connectivity index (χ0n) is 8.21. The Kier molecular flexibility index (Phi) is 7.98. The first-order chi connectivity index (χ1) is 6.65. The van der Waals surface area contributed by atoms with Gasteiger partial charge in [0.25, 0.3) is 0 Å². The highest BCUT2D eigenvalue weighted by molar-refractivity contribution is 9.09. The first kappa shape index (κ1) is 13.8. The second kappa shape index (κ2) is 8.11. The Balaban J connectivity index is 4.09. The molecule has 4 nitrogen and oxygen atoms in total. The van der Waals surface area contributed by atoms with Gasteiger partial charge in [-0.05, 0) is 18.4 Å². The third-order valence-corrected chi connectivity index (χ3v) is 2.71. The summed E-state index contributed by atoms with van der Waals surface area (Å²) in [5.74, 6) is 0.206. The molecule has 0 bridgehead atoms. The maximum Gasteiger partial charge on any atom is 0.328 e. The van der Waals surface area contributed by atoms with Crippen molar-refractivity contribution in [3.05, 3.63) is 0 Å². The predicted octanol–water partition coefficient (Wildman–Crippen LogP) is 0.792. The van der Waals surface area contributed by atoms with Crippen molar-refractivity contribution in [1.29, 1.82) is 0 Å². The van der Waals surface area contributed by atoms with E-state index in [1.165, 1.54) is 7.11 Å². The van der Waals surface area contributed by atoms with Crippen LogP contribution in [0.15, 0.2) is 0 Å². The summed E-state index contributed by atoms with van der Waals surface area (Å²) in [6, 6.07) is -0.530. The number of rotatable bonds is 6. The molecule has 0 radical (unpaired) electrons. The van der Waals surface area contributed by atoms with E-state index in [-0.39, 0.29) is 11.2 Å². The summed E-state index contributed by atoms with van der Waals surface area (Å²) in [7, 11) is 1.31. The quantitative estimate of drug-likeness (QED) is 0.579. The first-order valence-corrected chi connectivity index (χ1v) is 6.59. The van der Waals surface area contributed by atoms with Crippen molar-refractivity contribution in [1.82, 2.24) is 5.32 Å². The van der Waals surface area contributed by atoms with Crippen molar-refractivity contribution in [3.63, 3.8) is 0 Å². The molecule has 0 aliphatic carbocycles. The van der Waals surface area contributed by atoms with Crippen molar-refractivity contribution in [2.45, 2.75) is 12.5 Å². The van der Waals surface area contributed by atoms with E-state index in [0.717, 1.165) is 5.75 Å². The summed E-state index contributed by atoms with van der Waals surface area (Å²) < 4.78 is 4.58. The number of esters is 1. The lowest BCUT2D eigenvalue weighted by molar-refractivity contribution is -0.144. The van der Waals surface area contributed by atoms with E-state index >= 15 is 0 Å². The van der Waals surface area contributed by atoms with Crippen LogP contribution in [0.3, 0.4) is 0 Å². The first-order valence-electron chi connectivity index (χ1n) is 4.07. The zero-order valence-corrected chi connectivity index (χ0v) is 10.6. The number of methoxy groups -OCH3 is 1. The third-order valence-electron chi connectivity index (χ3n) is 1.55. The number of alkyl halides is 1. The molecule has 1 amide bonds. The van der Waals surface area contributed by atoms with Crippen molar-refractivity contribution in [2.75, 3.05) is 24.4 Å². The van der Waals surface area contributed by atoms with Gasteiger partial charge in [-0.3, -0.25) is 4.79 Å². The van der Waals surface area contributed by atoms with Crippen molar-refractivity contribution in [2.24, 2.45) is 0 Å². The Morgan fingerprint density at radius 3 is 2.64 bits per heavy atom. The fourth-order valence-electron chi connectivity index (χ4n) is 0.860. The average Bonchev–Trinajstić information content (AvgIpc) is 2.22. The van der Waals surface area contributed by atoms with Gasteiger partial charge >= 0.3 is 5.97 Å². The molecule has 0 aromatic heterocycles. The Morgan fingerprint density at radius 1 is 1.57 bits per heavy atom. The Labute approximate surface area is 96.3 Å². The number of hydrogen-bond acceptors (Lipinski definition) is 4. The van der Waals surface area contributed by atoms with E-state index in [4.69, 9.17) is 0 Å². The van der Waals surface area contributed by atoms with E-state index in [1.807, 2.05) is 6.26 Å². The van der Waals surface area contributed by atoms with E-state index in [9.17, 15) is 9.59 Å². The number of carbonyl (C=O) groups excluding carboxylic acids is 2. The molecule has 6 heteroatoms. The zero-order chi connectivity index (χ0) is 11.0. The highest BCUT2D eigenvalue weighted by Gasteiger charge is 2.19. The molecule has 0 heterocycles. The van der Waals surface area contributed by atoms with Gasteiger partial charge in [-0.2, -0.15) is 11.8 Å². The molecule has 1 atom stereocenters. The van der Waals surface area contributed by atoms with Crippen LogP contribution in [-0.4, -0.2) is 42.4 Å². The van der Waals surface area contributed by atoms with Crippen LogP contribution in [0.1, 0.15) is 6.42 Å². The van der Waals surface area contributed by atoms with Gasteiger partial charge in [-0.15, -0.1) is 0 Å². The van der Waals surface area contributed by atoms with Gasteiger partial charge in [0, 0.05) is 0 Å². The summed E-state index contributed by atoms with van der Waals surface area (Å²) in [6.07, 6.45) is 2.53. The largest absolute Gasteiger partial charge is 0.467 e. The third kappa shape index (κ3) is 5.49. The van der Waals surface area contributed by atoms with Crippen LogP contribution in [0, 0.1) is 0 Å². The number of ether oxygens (including phenoxy) is 1. The summed E-state index contributed by atoms with van der Waals surface area (Å²) in [5, 5.41) is 2.77. The van der Waals surface area contributed by atoms with Crippen molar-refractivity contribution in [3.8, 4) is 0 Å². The van der Waals surface area contributed by atoms with Gasteiger partial charge < -0.3 is 10.1 Å². The fourth-order valence-corrected chi connectivity index (χ4v) is 1.49. The molecule has 0 aliphatic rings. The molecule has 0 aromatic rings. The number of nitrogens with one attached hydrogen (secondary N) is 1. The molecule has 0 fully saturated rings. The molecule has 0 rings (SSSR count). The molecule has 0 aromatic carbocycles. The lowest BCUT2D eigenvalue weighted by Crippen LogP contribution is -2.42. The van der Waals surface area contributed by atoms with Crippen molar-refractivity contribution < 1.29 is 14.3 Å². The van der Waals surface area contributed by atoms with Crippen LogP contribution >= 0.6 is 27.7 Å². The second-order valence-corrected chi connectivity index (χ2v) is 4.10. The minimum Gasteiger partial charge on any atom is -0.467 e. The maximum absolute atomic E-state index is 11.2. The molecule has 14 heavy (non-hydrogen) atoms. The monoisotopic (exact) mass is 283 g/mol. The highest BCUT2D eigenvalue weighted by Crippen LogP contribution is 2.02. The SMILES string of the molecule is COC(=O)[C@H](CCSC)NC(=O)CBr. The highest BCUT2D eigenvalue weighted by atomic mass is 79.9. The van der Waals surface area contributed by atoms with Crippen LogP contribution < -0.4 is 5.32 Å². The van der Waals surface area contributed by atoms with E-state index in [1.54, 1.807) is 11.8 Å². The summed E-state index contributed by atoms with van der Waals surface area (Å²) in [4.78, 5) is 22.2. The molecule has 0 saturated carbocycles. The fraction of sp³-hybridized carbons (Fsp3) is 0.750. The summed E-state index contributed by atoms with van der Waals surface area (Å²) in [5.41, 5.74) is 0. The van der Waals surface area contributed by atoms with Crippen LogP contribution in [0.5, 0.6) is 0 Å². The van der Waals surface area contributed by atoms with Gasteiger partial charge in [-0.25, -0.2) is 4.79 Å². The van der Waals surface area contributed by atoms with E-state index < -0.39 is 12.0 Å². The normalized spacial score (nSPS) is 11.9. The average molecular weight is 284 g/mol. The smallest absolute Gasteiger partial charge is 0.328 e. The van der Waals surface area contributed by atoms with Crippen molar-refractivity contribution >= 4 is 39.6 Å². The molecule has 0 spiro atoms. The van der Waals surface area contributed by atoms with E-state index in [0.29, 0.717) is 6.42 Å². The number of halogens is 1. The predicted molar refractivity (Wildman–Crippen MR) is 60.7 cm³/mol. The summed E-state index contributed by atoms with van der Waals surface area (Å²) >= 11 is 4.63.